The van der Waals surface area contributed by atoms with Crippen molar-refractivity contribution < 1.29 is 14.3 Å². The van der Waals surface area contributed by atoms with E-state index in [-0.39, 0.29) is 23.5 Å². The van der Waals surface area contributed by atoms with Crippen molar-refractivity contribution in [3.63, 3.8) is 0 Å². The van der Waals surface area contributed by atoms with Crippen molar-refractivity contribution in [3.8, 4) is 17.0 Å². The highest BCUT2D eigenvalue weighted by atomic mass is 19.1. The molecule has 2 heterocycles. The van der Waals surface area contributed by atoms with E-state index < -0.39 is 0 Å². The predicted octanol–water partition coefficient (Wildman–Crippen LogP) is 3.10. The topological polar surface area (TPSA) is 69.2 Å². The monoisotopic (exact) mass is 323 g/mol. The predicted molar refractivity (Wildman–Crippen MR) is 86.0 cm³/mol. The van der Waals surface area contributed by atoms with Gasteiger partial charge < -0.3 is 10.0 Å². The first-order valence-electron chi connectivity index (χ1n) is 7.46. The molecule has 0 unspecified atom stereocenters. The average molecular weight is 323 g/mol. The van der Waals surface area contributed by atoms with Gasteiger partial charge in [0.25, 0.3) is 5.91 Å². The van der Waals surface area contributed by atoms with Crippen LogP contribution in [-0.2, 0) is 0 Å². The van der Waals surface area contributed by atoms with Crippen LogP contribution in [0.3, 0.4) is 0 Å². The Morgan fingerprint density at radius 1 is 1.21 bits per heavy atom. The number of carbonyl (C=O) groups is 1. The number of hydrogen-bond acceptors (Lipinski definition) is 3. The summed E-state index contributed by atoms with van der Waals surface area (Å²) in [5.74, 6) is -0.364. The van der Waals surface area contributed by atoms with E-state index in [4.69, 9.17) is 0 Å². The summed E-state index contributed by atoms with van der Waals surface area (Å²) in [6.07, 6.45) is 0. The summed E-state index contributed by atoms with van der Waals surface area (Å²) < 4.78 is 13.2. The number of aromatic hydroxyl groups is 1. The molecule has 0 saturated carbocycles. The van der Waals surface area contributed by atoms with Crippen molar-refractivity contribution in [2.45, 2.75) is 6.04 Å². The molecule has 4 rings (SSSR count). The Labute approximate surface area is 137 Å². The maximum Gasteiger partial charge on any atom is 0.272 e. The molecule has 1 atom stereocenters. The van der Waals surface area contributed by atoms with Crippen molar-refractivity contribution in [1.29, 1.82) is 0 Å². The average Bonchev–Trinajstić information content (AvgIpc) is 3.09. The number of aromatic amines is 1. The van der Waals surface area contributed by atoms with Gasteiger partial charge in [-0.2, -0.15) is 5.10 Å². The zero-order valence-corrected chi connectivity index (χ0v) is 12.8. The molecule has 1 aliphatic rings. The van der Waals surface area contributed by atoms with Gasteiger partial charge in [0.1, 0.15) is 17.3 Å². The lowest BCUT2D eigenvalue weighted by molar-refractivity contribution is 0.0787. The number of nitrogens with one attached hydrogen (secondary N) is 1. The largest absolute Gasteiger partial charge is 0.508 e. The van der Waals surface area contributed by atoms with Crippen LogP contribution in [0.1, 0.15) is 27.7 Å². The van der Waals surface area contributed by atoms with Crippen molar-refractivity contribution in [2.24, 2.45) is 0 Å². The van der Waals surface area contributed by atoms with Crippen LogP contribution in [-0.4, -0.2) is 33.2 Å². The summed E-state index contributed by atoms with van der Waals surface area (Å²) in [5.41, 5.74) is 3.28. The summed E-state index contributed by atoms with van der Waals surface area (Å²) in [5, 5.41) is 16.8. The Morgan fingerprint density at radius 2 is 1.96 bits per heavy atom. The number of halogens is 1. The Hall–Kier alpha value is -3.15. The molecule has 1 amide bonds. The summed E-state index contributed by atoms with van der Waals surface area (Å²) in [4.78, 5) is 14.1. The van der Waals surface area contributed by atoms with Crippen LogP contribution in [0.15, 0.2) is 48.5 Å². The van der Waals surface area contributed by atoms with Crippen LogP contribution in [0.25, 0.3) is 11.3 Å². The lowest BCUT2D eigenvalue weighted by Crippen LogP contribution is -2.24. The summed E-state index contributed by atoms with van der Waals surface area (Å²) in [6, 6.07) is 12.4. The summed E-state index contributed by atoms with van der Waals surface area (Å²) in [7, 11) is 1.71. The number of nitrogens with zero attached hydrogens (tertiary/aromatic N) is 2. The first-order valence-corrected chi connectivity index (χ1v) is 7.46. The molecule has 0 aliphatic carbocycles. The van der Waals surface area contributed by atoms with Crippen LogP contribution in [0.2, 0.25) is 0 Å². The summed E-state index contributed by atoms with van der Waals surface area (Å²) in [6.45, 7) is 0. The van der Waals surface area contributed by atoms with Crippen molar-refractivity contribution in [3.05, 3.63) is 71.2 Å². The molecular weight excluding hydrogens is 309 g/mol. The highest BCUT2D eigenvalue weighted by Gasteiger charge is 2.40. The first-order chi connectivity index (χ1) is 11.6. The van der Waals surface area contributed by atoms with E-state index in [1.54, 1.807) is 42.3 Å². The molecule has 2 N–H and O–H groups in total. The molecule has 24 heavy (non-hydrogen) atoms. The maximum absolute atomic E-state index is 13.2. The third kappa shape index (κ3) is 2.07. The molecule has 6 heteroatoms. The van der Waals surface area contributed by atoms with Gasteiger partial charge in [-0.15, -0.1) is 0 Å². The van der Waals surface area contributed by atoms with Crippen molar-refractivity contribution >= 4 is 5.91 Å². The number of amides is 1. The van der Waals surface area contributed by atoms with E-state index in [0.29, 0.717) is 11.4 Å². The van der Waals surface area contributed by atoms with Gasteiger partial charge in [0.15, 0.2) is 0 Å². The minimum atomic E-state index is -0.363. The molecule has 1 aromatic heterocycles. The van der Waals surface area contributed by atoms with E-state index in [1.165, 1.54) is 12.1 Å². The SMILES string of the molecule is CN1C(=O)c2[nH]nc(-c3ccc(F)cc3)c2[C@@H]1c1cccc(O)c1. The van der Waals surface area contributed by atoms with E-state index in [2.05, 4.69) is 10.2 Å². The number of carbonyl (C=O) groups excluding carboxylic acids is 1. The van der Waals surface area contributed by atoms with E-state index >= 15 is 0 Å². The Balaban J connectivity index is 1.90. The van der Waals surface area contributed by atoms with Crippen molar-refractivity contribution in [1.82, 2.24) is 15.1 Å². The lowest BCUT2D eigenvalue weighted by Gasteiger charge is -2.22. The standard InChI is InChI=1S/C18H14FN3O2/c1-22-17(11-3-2-4-13(23)9-11)14-15(20-21-16(14)18(22)24)10-5-7-12(19)8-6-10/h2-9,17,23H,1H3,(H,20,21)/t17-/m0/s1. The van der Waals surface area contributed by atoms with Gasteiger partial charge in [-0.3, -0.25) is 9.89 Å². The number of fused-ring (bicyclic) bond motifs is 1. The molecule has 0 saturated heterocycles. The molecule has 5 nitrogen and oxygen atoms in total. The van der Waals surface area contributed by atoms with Gasteiger partial charge in [-0.05, 0) is 42.0 Å². The number of benzene rings is 2. The van der Waals surface area contributed by atoms with Gasteiger partial charge in [-0.1, -0.05) is 12.1 Å². The van der Waals surface area contributed by atoms with Gasteiger partial charge in [-0.25, -0.2) is 4.39 Å². The highest BCUT2D eigenvalue weighted by Crippen LogP contribution is 2.42. The van der Waals surface area contributed by atoms with Gasteiger partial charge >= 0.3 is 0 Å². The summed E-state index contributed by atoms with van der Waals surface area (Å²) >= 11 is 0. The van der Waals surface area contributed by atoms with Crippen LogP contribution < -0.4 is 0 Å². The smallest absolute Gasteiger partial charge is 0.272 e. The van der Waals surface area contributed by atoms with E-state index in [1.807, 2.05) is 6.07 Å². The fraction of sp³-hybridized carbons (Fsp3) is 0.111. The molecular formula is C18H14FN3O2. The number of phenols is 1. The Kier molecular flexibility index (Phi) is 3.13. The van der Waals surface area contributed by atoms with Gasteiger partial charge in [0.05, 0.1) is 11.7 Å². The number of phenolic OH excluding ortho intramolecular Hbond substituents is 1. The third-order valence-corrected chi connectivity index (χ3v) is 4.30. The van der Waals surface area contributed by atoms with E-state index in [0.717, 1.165) is 16.7 Å². The number of H-pyrrole nitrogens is 1. The third-order valence-electron chi connectivity index (χ3n) is 4.30. The molecule has 0 radical (unpaired) electrons. The van der Waals surface area contributed by atoms with E-state index in [9.17, 15) is 14.3 Å². The van der Waals surface area contributed by atoms with Gasteiger partial charge in [0.2, 0.25) is 0 Å². The fourth-order valence-electron chi connectivity index (χ4n) is 3.18. The Bertz CT molecular complexity index is 934. The molecule has 0 spiro atoms. The molecule has 0 fully saturated rings. The molecule has 0 bridgehead atoms. The van der Waals surface area contributed by atoms with Crippen LogP contribution in [0.4, 0.5) is 4.39 Å². The number of rotatable bonds is 2. The second-order valence-corrected chi connectivity index (χ2v) is 5.78. The quantitative estimate of drug-likeness (QED) is 0.761. The zero-order valence-electron chi connectivity index (χ0n) is 12.8. The minimum Gasteiger partial charge on any atom is -0.508 e. The fourth-order valence-corrected chi connectivity index (χ4v) is 3.18. The molecule has 3 aromatic rings. The van der Waals surface area contributed by atoms with Crippen LogP contribution >= 0.6 is 0 Å². The number of hydrogen-bond donors (Lipinski definition) is 2. The van der Waals surface area contributed by atoms with Crippen molar-refractivity contribution in [2.75, 3.05) is 7.05 Å². The number of aromatic nitrogens is 2. The van der Waals surface area contributed by atoms with Crippen LogP contribution in [0.5, 0.6) is 5.75 Å². The normalized spacial score (nSPS) is 16.5. The van der Waals surface area contributed by atoms with Gasteiger partial charge in [0, 0.05) is 18.2 Å². The maximum atomic E-state index is 13.2. The lowest BCUT2D eigenvalue weighted by atomic mass is 9.96. The minimum absolute atomic E-state index is 0.133. The van der Waals surface area contributed by atoms with Crippen LogP contribution in [0, 0.1) is 5.82 Å². The highest BCUT2D eigenvalue weighted by molar-refractivity contribution is 6.00. The molecule has 1 aliphatic heterocycles. The second-order valence-electron chi connectivity index (χ2n) is 5.78. The Morgan fingerprint density at radius 3 is 2.67 bits per heavy atom. The second kappa shape index (κ2) is 5.19. The first kappa shape index (κ1) is 14.4. The molecule has 120 valence electrons. The zero-order chi connectivity index (χ0) is 16.8. The molecule has 2 aromatic carbocycles.